The lowest BCUT2D eigenvalue weighted by Crippen LogP contribution is -2.17. The molecule has 1 heterocycles. The van der Waals surface area contributed by atoms with Gasteiger partial charge >= 0.3 is 6.01 Å². The second-order valence-electron chi connectivity index (χ2n) is 4.71. The van der Waals surface area contributed by atoms with Crippen LogP contribution in [0.25, 0.3) is 0 Å². The highest BCUT2D eigenvalue weighted by Crippen LogP contribution is 2.11. The molecule has 1 rings (SSSR count). The predicted molar refractivity (Wildman–Crippen MR) is 81.4 cm³/mol. The normalized spacial score (nSPS) is 10.7. The molecule has 2 N–H and O–H groups in total. The van der Waals surface area contributed by atoms with Gasteiger partial charge in [0.05, 0.1) is 6.61 Å². The maximum atomic E-state index is 5.36. The summed E-state index contributed by atoms with van der Waals surface area (Å²) in [6, 6.07) is 0.358. The molecule has 0 atom stereocenters. The summed E-state index contributed by atoms with van der Waals surface area (Å²) in [6.45, 7) is 7.22. The average Bonchev–Trinajstić information content (AvgIpc) is 2.41. The van der Waals surface area contributed by atoms with Crippen molar-refractivity contribution in [1.82, 2.24) is 19.9 Å². The van der Waals surface area contributed by atoms with E-state index < -0.39 is 0 Å². The Morgan fingerprint density at radius 1 is 1.00 bits per heavy atom. The van der Waals surface area contributed by atoms with E-state index in [1.54, 1.807) is 0 Å². The Labute approximate surface area is 121 Å². The zero-order valence-corrected chi connectivity index (χ0v) is 12.9. The van der Waals surface area contributed by atoms with Crippen LogP contribution in [0.5, 0.6) is 6.01 Å². The Hall–Kier alpha value is -1.63. The van der Waals surface area contributed by atoms with E-state index in [9.17, 15) is 0 Å². The summed E-state index contributed by atoms with van der Waals surface area (Å²) in [5.74, 6) is 1.11. The van der Waals surface area contributed by atoms with Crippen LogP contribution in [-0.4, -0.2) is 60.2 Å². The summed E-state index contributed by atoms with van der Waals surface area (Å²) in [7, 11) is 4.12. The summed E-state index contributed by atoms with van der Waals surface area (Å²) in [4.78, 5) is 14.9. The number of hydrogen-bond donors (Lipinski definition) is 2. The van der Waals surface area contributed by atoms with Gasteiger partial charge in [-0.05, 0) is 40.4 Å². The van der Waals surface area contributed by atoms with Gasteiger partial charge in [-0.2, -0.15) is 15.0 Å². The molecule has 0 amide bonds. The molecule has 0 spiro atoms. The quantitative estimate of drug-likeness (QED) is 0.629. The molecule has 0 radical (unpaired) electrons. The summed E-state index contributed by atoms with van der Waals surface area (Å²) in [5.41, 5.74) is 0. The fourth-order valence-electron chi connectivity index (χ4n) is 1.54. The highest BCUT2D eigenvalue weighted by molar-refractivity contribution is 5.35. The van der Waals surface area contributed by atoms with E-state index in [0.29, 0.717) is 24.5 Å². The molecule has 1 aromatic heterocycles. The second-order valence-corrected chi connectivity index (χ2v) is 4.71. The molecule has 7 heteroatoms. The molecule has 0 aliphatic heterocycles. The van der Waals surface area contributed by atoms with Gasteiger partial charge in [0.2, 0.25) is 11.9 Å². The third-order valence-electron chi connectivity index (χ3n) is 2.49. The van der Waals surface area contributed by atoms with E-state index >= 15 is 0 Å². The monoisotopic (exact) mass is 282 g/mol. The lowest BCUT2D eigenvalue weighted by atomic mass is 10.4. The minimum atomic E-state index is 0.358. The smallest absolute Gasteiger partial charge is 0.323 e. The molecular formula is C13H26N6O. The fourth-order valence-corrected chi connectivity index (χ4v) is 1.54. The van der Waals surface area contributed by atoms with E-state index in [2.05, 4.69) is 51.5 Å². The topological polar surface area (TPSA) is 75.2 Å². The first-order valence-corrected chi connectivity index (χ1v) is 7.17. The van der Waals surface area contributed by atoms with Crippen molar-refractivity contribution >= 4 is 11.9 Å². The molecule has 0 aliphatic carbocycles. The number of rotatable bonds is 10. The molecule has 20 heavy (non-hydrogen) atoms. The lowest BCUT2D eigenvalue weighted by molar-refractivity contribution is 0.312. The molecule has 0 saturated carbocycles. The van der Waals surface area contributed by atoms with Gasteiger partial charge in [-0.15, -0.1) is 0 Å². The number of anilines is 2. The largest absolute Gasteiger partial charge is 0.464 e. The Bertz CT molecular complexity index is 385. The van der Waals surface area contributed by atoms with Gasteiger partial charge in [-0.3, -0.25) is 0 Å². The van der Waals surface area contributed by atoms with Crippen LogP contribution in [0.4, 0.5) is 11.9 Å². The highest BCUT2D eigenvalue weighted by atomic mass is 16.5. The lowest BCUT2D eigenvalue weighted by Gasteiger charge is -2.11. The van der Waals surface area contributed by atoms with Crippen LogP contribution in [0.3, 0.4) is 0 Å². The number of ether oxygens (including phenoxy) is 1. The maximum Gasteiger partial charge on any atom is 0.323 e. The van der Waals surface area contributed by atoms with Crippen molar-refractivity contribution in [2.75, 3.05) is 51.0 Å². The Balaban J connectivity index is 2.60. The third kappa shape index (κ3) is 6.51. The Morgan fingerprint density at radius 2 is 1.65 bits per heavy atom. The van der Waals surface area contributed by atoms with Crippen LogP contribution in [0.1, 0.15) is 26.7 Å². The van der Waals surface area contributed by atoms with Crippen molar-refractivity contribution < 1.29 is 4.74 Å². The van der Waals surface area contributed by atoms with E-state index in [1.165, 1.54) is 0 Å². The number of aromatic nitrogens is 3. The van der Waals surface area contributed by atoms with Gasteiger partial charge in [0.25, 0.3) is 0 Å². The predicted octanol–water partition coefficient (Wildman–Crippen LogP) is 1.46. The summed E-state index contributed by atoms with van der Waals surface area (Å²) in [5, 5.41) is 6.36. The van der Waals surface area contributed by atoms with Crippen molar-refractivity contribution in [2.24, 2.45) is 0 Å². The van der Waals surface area contributed by atoms with E-state index in [4.69, 9.17) is 4.74 Å². The van der Waals surface area contributed by atoms with Crippen molar-refractivity contribution in [3.63, 3.8) is 0 Å². The molecule has 0 fully saturated rings. The van der Waals surface area contributed by atoms with Crippen molar-refractivity contribution in [2.45, 2.75) is 26.7 Å². The van der Waals surface area contributed by atoms with Gasteiger partial charge < -0.3 is 20.3 Å². The first-order chi connectivity index (χ1) is 9.65. The van der Waals surface area contributed by atoms with Gasteiger partial charge in [0.1, 0.15) is 0 Å². The van der Waals surface area contributed by atoms with Crippen LogP contribution in [0, 0.1) is 0 Å². The van der Waals surface area contributed by atoms with Crippen LogP contribution < -0.4 is 15.4 Å². The minimum absolute atomic E-state index is 0.358. The van der Waals surface area contributed by atoms with Gasteiger partial charge in [-0.25, -0.2) is 0 Å². The van der Waals surface area contributed by atoms with Crippen molar-refractivity contribution in [3.8, 4) is 6.01 Å². The average molecular weight is 282 g/mol. The molecule has 1 aromatic rings. The molecule has 0 unspecified atom stereocenters. The molecule has 0 aromatic carbocycles. The second kappa shape index (κ2) is 9.30. The summed E-state index contributed by atoms with van der Waals surface area (Å²) >= 11 is 0. The van der Waals surface area contributed by atoms with Crippen molar-refractivity contribution in [1.29, 1.82) is 0 Å². The number of hydrogen-bond acceptors (Lipinski definition) is 7. The standard InChI is InChI=1S/C13H26N6O/c1-5-8-14-11-16-12(15-9-7-10-19(3)4)18-13(17-11)20-6-2/h5-10H2,1-4H3,(H2,14,15,16,17,18). The number of nitrogens with one attached hydrogen (secondary N) is 2. The van der Waals surface area contributed by atoms with Crippen LogP contribution in [0.2, 0.25) is 0 Å². The SMILES string of the molecule is CCCNc1nc(NCCCN(C)C)nc(OCC)n1. The molecule has 7 nitrogen and oxygen atoms in total. The summed E-state index contributed by atoms with van der Waals surface area (Å²) < 4.78 is 5.36. The first-order valence-electron chi connectivity index (χ1n) is 7.17. The summed E-state index contributed by atoms with van der Waals surface area (Å²) in [6.07, 6.45) is 2.04. The van der Waals surface area contributed by atoms with Crippen molar-refractivity contribution in [3.05, 3.63) is 0 Å². The van der Waals surface area contributed by atoms with Crippen LogP contribution in [-0.2, 0) is 0 Å². The van der Waals surface area contributed by atoms with E-state index in [-0.39, 0.29) is 0 Å². The number of nitrogens with zero attached hydrogens (tertiary/aromatic N) is 4. The van der Waals surface area contributed by atoms with E-state index in [1.807, 2.05) is 6.92 Å². The zero-order chi connectivity index (χ0) is 14.8. The molecule has 0 bridgehead atoms. The van der Waals surface area contributed by atoms with Gasteiger partial charge in [0, 0.05) is 13.1 Å². The Morgan fingerprint density at radius 3 is 2.20 bits per heavy atom. The maximum absolute atomic E-state index is 5.36. The molecule has 0 saturated heterocycles. The minimum Gasteiger partial charge on any atom is -0.464 e. The third-order valence-corrected chi connectivity index (χ3v) is 2.49. The van der Waals surface area contributed by atoms with Gasteiger partial charge in [-0.1, -0.05) is 6.92 Å². The van der Waals surface area contributed by atoms with Gasteiger partial charge in [0.15, 0.2) is 0 Å². The van der Waals surface area contributed by atoms with E-state index in [0.717, 1.165) is 32.5 Å². The van der Waals surface area contributed by atoms with Crippen LogP contribution >= 0.6 is 0 Å². The van der Waals surface area contributed by atoms with Crippen LogP contribution in [0.15, 0.2) is 0 Å². The highest BCUT2D eigenvalue weighted by Gasteiger charge is 2.06. The molecule has 114 valence electrons. The first kappa shape index (κ1) is 16.4. The molecular weight excluding hydrogens is 256 g/mol. The molecule has 0 aliphatic rings. The fraction of sp³-hybridized carbons (Fsp3) is 0.769. The zero-order valence-electron chi connectivity index (χ0n) is 12.9. The Kier molecular flexibility index (Phi) is 7.64.